The Morgan fingerprint density at radius 2 is 1.40 bits per heavy atom. The van der Waals surface area contributed by atoms with E-state index in [0.29, 0.717) is 0 Å². The van der Waals surface area contributed by atoms with Gasteiger partial charge in [0.15, 0.2) is 0 Å². The van der Waals surface area contributed by atoms with E-state index in [1.165, 1.54) is 45.1 Å². The van der Waals surface area contributed by atoms with Crippen molar-refractivity contribution in [2.45, 2.75) is 27.6 Å². The molecule has 9 aromatic rings. The second kappa shape index (κ2) is 15.4. The van der Waals surface area contributed by atoms with E-state index in [-0.39, 0.29) is 25.7 Å². The molecule has 0 unspecified atom stereocenters. The minimum Gasteiger partial charge on any atom is -0.557 e. The first-order valence-electron chi connectivity index (χ1n) is 18.7. The number of pyridine rings is 1. The van der Waals surface area contributed by atoms with Crippen molar-refractivity contribution in [2.75, 3.05) is 0 Å². The number of para-hydroxylation sites is 2. The Hall–Kier alpha value is -5.87. The van der Waals surface area contributed by atoms with Gasteiger partial charge in [-0.1, -0.05) is 114 Å². The van der Waals surface area contributed by atoms with Crippen molar-refractivity contribution in [3.05, 3.63) is 186 Å². The number of benzene rings is 6. The molecule has 261 valence electrons. The van der Waals surface area contributed by atoms with Gasteiger partial charge in [-0.2, -0.15) is 0 Å². The molecule has 0 saturated carbocycles. The summed E-state index contributed by atoms with van der Waals surface area (Å²) in [5.74, 6) is 0.817. The van der Waals surface area contributed by atoms with Gasteiger partial charge in [-0.05, 0) is 96.5 Å². The molecule has 0 aliphatic rings. The Morgan fingerprint density at radius 1 is 0.679 bits per heavy atom. The molecule has 6 aromatic carbocycles. The molecule has 3 aromatic heterocycles. The molecule has 0 aliphatic carbocycles. The van der Waals surface area contributed by atoms with Crippen LogP contribution in [0.15, 0.2) is 156 Å². The van der Waals surface area contributed by atoms with Gasteiger partial charge < -0.3 is 14.0 Å². The number of aromatic nitrogens is 3. The van der Waals surface area contributed by atoms with Gasteiger partial charge in [0.1, 0.15) is 0 Å². The van der Waals surface area contributed by atoms with E-state index in [4.69, 9.17) is 13.5 Å². The molecule has 3 heterocycles. The molecular weight excluding hydrogens is 827 g/mol. The Balaban J connectivity index is 0.000000238. The van der Waals surface area contributed by atoms with Gasteiger partial charge in [0, 0.05) is 47.9 Å². The number of hydrogen-bond acceptors (Lipinski definition) is 3. The molecule has 0 aliphatic heterocycles. The molecule has 5 heteroatoms. The summed E-state index contributed by atoms with van der Waals surface area (Å²) in [6, 6.07) is 52.0. The van der Waals surface area contributed by atoms with E-state index in [1.54, 1.807) is 18.2 Å². The molecule has 9 rings (SSSR count). The fourth-order valence-electron chi connectivity index (χ4n) is 6.93. The van der Waals surface area contributed by atoms with Crippen molar-refractivity contribution in [2.24, 2.45) is 0 Å². The van der Waals surface area contributed by atoms with Crippen LogP contribution in [-0.4, -0.2) is 14.5 Å². The molecule has 0 N–H and O–H groups in total. The summed E-state index contributed by atoms with van der Waals surface area (Å²) < 4.78 is 29.9. The maximum atomic E-state index is 7.23. The monoisotopic (exact) mass is 867 g/mol. The van der Waals surface area contributed by atoms with Crippen molar-refractivity contribution >= 4 is 22.0 Å². The van der Waals surface area contributed by atoms with Crippen LogP contribution in [0.4, 0.5) is 0 Å². The SMILES string of the molecule is Cc1cc(C)c(-c2ccc3o[c-]c(-c4nc5ccccc5n4-c4ccc(-c5ccccc5)cc4)c3c2)c(C)c1.[2H]C([2H])([2H])c1ccc(-c2[c-]cccc2)nc1.[Ir]. The van der Waals surface area contributed by atoms with Crippen LogP contribution < -0.4 is 0 Å². The second-order valence-electron chi connectivity index (χ2n) is 12.9. The van der Waals surface area contributed by atoms with Crippen LogP contribution in [0.5, 0.6) is 0 Å². The van der Waals surface area contributed by atoms with Crippen LogP contribution in [0.25, 0.3) is 72.6 Å². The molecular formula is C48H37IrN3O-2. The standard InChI is InChI=1S/C36H27N2O.C12H10N.Ir/c1-23-19-24(2)35(25(3)20-23)28-15-18-34-30(21-28)31(22-39-34)36-37-32-11-7-8-12-33(32)38(36)29-16-13-27(14-17-29)26-9-5-4-6-10-26;1-10-7-8-12(13-9-10)11-5-3-2-4-6-11;/h4-21H,1-3H3;2-5,7-9H,1H3;/q2*-1;/i;1D3;. The number of fused-ring (bicyclic) bond motifs is 2. The number of nitrogens with zero attached hydrogens (tertiary/aromatic N) is 3. The number of imidazole rings is 1. The van der Waals surface area contributed by atoms with Crippen LogP contribution in [0.2, 0.25) is 0 Å². The second-order valence-corrected chi connectivity index (χ2v) is 12.9. The van der Waals surface area contributed by atoms with Gasteiger partial charge in [-0.15, -0.1) is 35.9 Å². The summed E-state index contributed by atoms with van der Waals surface area (Å²) in [7, 11) is 0. The summed E-state index contributed by atoms with van der Waals surface area (Å²) in [6.45, 7) is 4.42. The van der Waals surface area contributed by atoms with Gasteiger partial charge in [0.2, 0.25) is 0 Å². The predicted octanol–water partition coefficient (Wildman–Crippen LogP) is 12.4. The first-order valence-corrected chi connectivity index (χ1v) is 17.2. The van der Waals surface area contributed by atoms with Crippen molar-refractivity contribution in [1.29, 1.82) is 0 Å². The van der Waals surface area contributed by atoms with Gasteiger partial charge in [0.25, 0.3) is 0 Å². The zero-order valence-corrected chi connectivity index (χ0v) is 31.9. The number of aryl methyl sites for hydroxylation is 4. The Bertz CT molecular complexity index is 2730. The van der Waals surface area contributed by atoms with Crippen LogP contribution in [-0.2, 0) is 20.1 Å². The summed E-state index contributed by atoms with van der Waals surface area (Å²) in [5, 5.41) is 1.00. The van der Waals surface area contributed by atoms with Gasteiger partial charge in [-0.25, -0.2) is 0 Å². The normalized spacial score (nSPS) is 11.9. The molecule has 0 amide bonds. The quantitative estimate of drug-likeness (QED) is 0.162. The van der Waals surface area contributed by atoms with E-state index in [0.717, 1.165) is 50.3 Å². The van der Waals surface area contributed by atoms with Crippen LogP contribution >= 0.6 is 0 Å². The van der Waals surface area contributed by atoms with Crippen molar-refractivity contribution in [3.8, 4) is 50.6 Å². The van der Waals surface area contributed by atoms with E-state index >= 15 is 0 Å². The van der Waals surface area contributed by atoms with Gasteiger partial charge >= 0.3 is 0 Å². The average molecular weight is 867 g/mol. The Labute approximate surface area is 328 Å². The third kappa shape index (κ3) is 7.27. The molecule has 4 nitrogen and oxygen atoms in total. The first-order chi connectivity index (χ1) is 26.6. The van der Waals surface area contributed by atoms with E-state index < -0.39 is 6.85 Å². The third-order valence-corrected chi connectivity index (χ3v) is 9.24. The fraction of sp³-hybridized carbons (Fsp3) is 0.0833. The third-order valence-electron chi connectivity index (χ3n) is 9.24. The zero-order chi connectivity index (χ0) is 38.1. The summed E-state index contributed by atoms with van der Waals surface area (Å²) >= 11 is 0. The minimum absolute atomic E-state index is 0. The van der Waals surface area contributed by atoms with Gasteiger partial charge in [0.05, 0.1) is 16.9 Å². The molecule has 53 heavy (non-hydrogen) atoms. The molecule has 0 atom stereocenters. The molecule has 0 spiro atoms. The van der Waals surface area contributed by atoms with Crippen LogP contribution in [0, 0.1) is 40.0 Å². The topological polar surface area (TPSA) is 43.9 Å². The molecule has 0 saturated heterocycles. The van der Waals surface area contributed by atoms with Gasteiger partial charge in [-0.3, -0.25) is 4.98 Å². The smallest absolute Gasteiger partial charge is 0.0774 e. The maximum Gasteiger partial charge on any atom is 0.0774 e. The molecule has 0 bridgehead atoms. The predicted molar refractivity (Wildman–Crippen MR) is 213 cm³/mol. The largest absolute Gasteiger partial charge is 0.557 e. The molecule has 0 fully saturated rings. The van der Waals surface area contributed by atoms with Crippen molar-refractivity contribution in [3.63, 3.8) is 0 Å². The number of hydrogen-bond donors (Lipinski definition) is 0. The Morgan fingerprint density at radius 3 is 2.11 bits per heavy atom. The summed E-state index contributed by atoms with van der Waals surface area (Å²) in [4.78, 5) is 9.21. The van der Waals surface area contributed by atoms with E-state index in [1.807, 2.05) is 36.4 Å². The van der Waals surface area contributed by atoms with Crippen molar-refractivity contribution in [1.82, 2.24) is 14.5 Å². The van der Waals surface area contributed by atoms with E-state index in [9.17, 15) is 0 Å². The van der Waals surface area contributed by atoms with E-state index in [2.05, 4.69) is 134 Å². The molecule has 1 radical (unpaired) electrons. The summed E-state index contributed by atoms with van der Waals surface area (Å²) in [5.41, 5.74) is 15.2. The Kier molecular flexibility index (Phi) is 9.24. The minimum atomic E-state index is -2.09. The first kappa shape index (κ1) is 31.8. The van der Waals surface area contributed by atoms with Crippen LogP contribution in [0.3, 0.4) is 0 Å². The fourth-order valence-corrected chi connectivity index (χ4v) is 6.93. The number of furan rings is 1. The maximum absolute atomic E-state index is 7.23. The number of rotatable bonds is 5. The summed E-state index contributed by atoms with van der Waals surface area (Å²) in [6.07, 6.45) is 4.59. The zero-order valence-electron chi connectivity index (χ0n) is 32.5. The van der Waals surface area contributed by atoms with Crippen LogP contribution in [0.1, 0.15) is 26.4 Å². The van der Waals surface area contributed by atoms with Crippen molar-refractivity contribution < 1.29 is 28.6 Å². The average Bonchev–Trinajstić information content (AvgIpc) is 3.80.